The highest BCUT2D eigenvalue weighted by molar-refractivity contribution is 6.27. The number of rotatable bonds is 5. The molecule has 1 heteroatoms. The van der Waals surface area contributed by atoms with Gasteiger partial charge in [0.25, 0.3) is 0 Å². The van der Waals surface area contributed by atoms with Gasteiger partial charge in [-0.25, -0.2) is 0 Å². The fourth-order valence-electron chi connectivity index (χ4n) is 7.50. The Balaban J connectivity index is 1.46. The summed E-state index contributed by atoms with van der Waals surface area (Å²) < 4.78 is 338. The van der Waals surface area contributed by atoms with Crippen LogP contribution >= 0.6 is 0 Å². The predicted octanol–water partition coefficient (Wildman–Crippen LogP) is 16.6. The van der Waals surface area contributed by atoms with E-state index in [9.17, 15) is 24.7 Å². The molecule has 0 aromatic heterocycles. The number of nitrogens with zero attached hydrogens (tertiary/aromatic N) is 1. The second-order valence-corrected chi connectivity index (χ2v) is 13.6. The van der Waals surface area contributed by atoms with E-state index in [1.807, 2.05) is 0 Å². The molecule has 11 aromatic carbocycles. The van der Waals surface area contributed by atoms with Crippen LogP contribution in [-0.4, -0.2) is 0 Å². The lowest BCUT2D eigenvalue weighted by Crippen LogP contribution is -2.17. The first kappa shape index (κ1) is 14.1. The second-order valence-electron chi connectivity index (χ2n) is 13.6. The lowest BCUT2D eigenvalue weighted by atomic mass is 9.82. The normalized spacial score (nSPS) is 23.0. The van der Waals surface area contributed by atoms with E-state index in [4.69, 9.17) is 24.7 Å². The molecule has 0 amide bonds. The van der Waals surface area contributed by atoms with Gasteiger partial charge in [0.15, 0.2) is 0 Å². The van der Waals surface area contributed by atoms with Crippen molar-refractivity contribution in [1.29, 1.82) is 0 Å². The zero-order valence-corrected chi connectivity index (χ0v) is 30.4. The molecule has 60 heavy (non-hydrogen) atoms. The lowest BCUT2D eigenvalue weighted by Gasteiger charge is -2.31. The molecule has 1 aliphatic rings. The van der Waals surface area contributed by atoms with Gasteiger partial charge in [-0.05, 0) is 135 Å². The first-order valence-electron chi connectivity index (χ1n) is 36.3. The zero-order chi connectivity index (χ0) is 71.0. The molecule has 0 saturated carbocycles. The molecule has 12 rings (SSSR count). The molecule has 0 fully saturated rings. The Morgan fingerprint density at radius 1 is 0.400 bits per heavy atom. The van der Waals surface area contributed by atoms with Crippen LogP contribution in [0.2, 0.25) is 0 Å². The summed E-state index contributed by atoms with van der Waals surface area (Å²) in [5.41, 5.74) is -13.5. The molecule has 0 aliphatic heterocycles. The van der Waals surface area contributed by atoms with E-state index in [-0.39, 0.29) is 0 Å². The molecule has 0 spiro atoms. The minimum absolute atomic E-state index is 0.344. The van der Waals surface area contributed by atoms with E-state index in [1.165, 1.54) is 0 Å². The van der Waals surface area contributed by atoms with E-state index in [0.29, 0.717) is 4.90 Å². The molecular formula is C59H41N. The molecule has 1 unspecified atom stereocenters. The first-order valence-corrected chi connectivity index (χ1v) is 18.0. The largest absolute Gasteiger partial charge is 0.310 e. The number of fused-ring (bicyclic) bond motifs is 11. The number of hydrogen-bond donors (Lipinski definition) is 0. The Kier molecular flexibility index (Phi) is 3.11. The Bertz CT molecular complexity index is 5540. The van der Waals surface area contributed by atoms with Gasteiger partial charge >= 0.3 is 0 Å². The van der Waals surface area contributed by atoms with Crippen molar-refractivity contribution in [3.63, 3.8) is 0 Å². The van der Waals surface area contributed by atoms with Gasteiger partial charge in [0, 0.05) is 26.5 Å². The van der Waals surface area contributed by atoms with Crippen molar-refractivity contribution in [2.24, 2.45) is 0 Å². The molecule has 11 aromatic rings. The standard InChI is InChI=1S/C59H41N/c1-59(2)56-28-12-11-26-51(56)52-32-31-44(35-57(52)59)60(43-30-29-38-15-3-4-17-40(38)34-43)58-37-55-50-25-10-8-23-48(50)47-22-7-9-24-49(47)54(55)36-53(58)42-20-13-19-41(33-42)46-27-14-18-39-16-5-6-21-45(39)46/h3-37H,1-2H3/i1D,2D2,3D,4D,5D,6D,7D,9D,10D,11D,12D,13D,14D,15D,16D,17D,18D,20D,21D,22D,23D,24D,25D,26D,27D,28D,29D,30D,31D,32D,33D,34D,35D,36D,37D. The monoisotopic (exact) mass is 800 g/mol. The number of hydrogen-bond acceptors (Lipinski definition) is 1. The number of benzene rings is 11. The maximum absolute atomic E-state index is 10.9. The molecule has 0 saturated heterocycles. The van der Waals surface area contributed by atoms with Gasteiger partial charge < -0.3 is 4.90 Å². The Morgan fingerprint density at radius 3 is 1.92 bits per heavy atom. The smallest absolute Gasteiger partial charge is 0.0652 e. The highest BCUT2D eigenvalue weighted by atomic mass is 15.1. The number of anilines is 3. The van der Waals surface area contributed by atoms with Crippen molar-refractivity contribution >= 4 is 70.9 Å². The summed E-state index contributed by atoms with van der Waals surface area (Å²) in [6.07, 6.45) is 0. The summed E-state index contributed by atoms with van der Waals surface area (Å²) in [6.45, 7) is -3.77. The van der Waals surface area contributed by atoms with Crippen molar-refractivity contribution in [1.82, 2.24) is 0 Å². The van der Waals surface area contributed by atoms with Crippen LogP contribution in [0.25, 0.3) is 87.2 Å². The highest BCUT2D eigenvalue weighted by Crippen LogP contribution is 2.52. The van der Waals surface area contributed by atoms with Crippen molar-refractivity contribution in [2.75, 3.05) is 4.90 Å². The van der Waals surface area contributed by atoms with Crippen LogP contribution in [0.15, 0.2) is 212 Å². The highest BCUT2D eigenvalue weighted by Gasteiger charge is 2.36. The van der Waals surface area contributed by atoms with Crippen molar-refractivity contribution in [3.8, 4) is 33.4 Å². The van der Waals surface area contributed by atoms with Crippen LogP contribution in [-0.2, 0) is 5.41 Å². The fourth-order valence-corrected chi connectivity index (χ4v) is 7.50. The summed E-state index contributed by atoms with van der Waals surface area (Å²) in [5.74, 6) is 0. The third-order valence-electron chi connectivity index (χ3n) is 10.2. The van der Waals surface area contributed by atoms with Crippen LogP contribution in [0.3, 0.4) is 0 Å². The van der Waals surface area contributed by atoms with E-state index in [0.717, 1.165) is 12.1 Å². The second kappa shape index (κ2) is 13.3. The summed E-state index contributed by atoms with van der Waals surface area (Å²) in [7, 11) is 0. The molecule has 0 bridgehead atoms. The van der Waals surface area contributed by atoms with Gasteiger partial charge in [-0.15, -0.1) is 0 Å². The van der Waals surface area contributed by atoms with Gasteiger partial charge in [0.1, 0.15) is 0 Å². The van der Waals surface area contributed by atoms with Gasteiger partial charge in [-0.1, -0.05) is 183 Å². The molecule has 1 atom stereocenters. The van der Waals surface area contributed by atoms with Crippen LogP contribution < -0.4 is 4.90 Å². The topological polar surface area (TPSA) is 3.24 Å². The molecule has 1 aliphatic carbocycles. The SMILES string of the molecule is [2H]CC1(C([2H])[2H])c2c([2H])c([2H])c([2H])c([2H])c2-c2c([2H])c([2H])c(N(c3c([2H])c([2H])c4c([2H])c([2H])c([2H])c([2H])c4c3[2H])c3c(-c4c([2H])c([2H])cc(-c5c([2H])c([2H])c([2H])c6c([2H])c([2H])c([2H])c([2H])c56)c4[2H])c([2H])c4c5c([2H])c([2H])c([2H])c([2H])c5c5c([2H])cc([2H])c([2H])c5c4c3[2H])c([2H])c21. The van der Waals surface area contributed by atoms with Crippen molar-refractivity contribution < 1.29 is 49.3 Å². The maximum atomic E-state index is 10.9. The van der Waals surface area contributed by atoms with Crippen LogP contribution in [0, 0.1) is 0 Å². The van der Waals surface area contributed by atoms with Gasteiger partial charge in [-0.2, -0.15) is 0 Å². The van der Waals surface area contributed by atoms with E-state index in [1.54, 1.807) is 0 Å². The molecule has 1 nitrogen and oxygen atoms in total. The molecule has 0 heterocycles. The fraction of sp³-hybridized carbons (Fsp3) is 0.0508. The molecule has 282 valence electrons. The summed E-state index contributed by atoms with van der Waals surface area (Å²) in [4.78, 5) is 0.344. The first-order chi connectivity index (χ1) is 44.8. The third-order valence-corrected chi connectivity index (χ3v) is 10.2. The molecular weight excluding hydrogens is 723 g/mol. The molecule has 0 N–H and O–H groups in total. The summed E-state index contributed by atoms with van der Waals surface area (Å²) in [6, 6.07) is -33.1. The average Bonchev–Trinajstić information content (AvgIpc) is 1.42. The van der Waals surface area contributed by atoms with Gasteiger partial charge in [-0.3, -0.25) is 0 Å². The quantitative estimate of drug-likeness (QED) is 0.157. The Hall–Kier alpha value is -7.48. The zero-order valence-electron chi connectivity index (χ0n) is 66.4. The van der Waals surface area contributed by atoms with Gasteiger partial charge in [0.2, 0.25) is 0 Å². The predicted molar refractivity (Wildman–Crippen MR) is 257 cm³/mol. The van der Waals surface area contributed by atoms with Crippen LogP contribution in [0.5, 0.6) is 0 Å². The van der Waals surface area contributed by atoms with Gasteiger partial charge in [0.05, 0.1) is 50.9 Å². The van der Waals surface area contributed by atoms with Crippen molar-refractivity contribution in [3.05, 3.63) is 223 Å². The summed E-state index contributed by atoms with van der Waals surface area (Å²) >= 11 is 0. The minimum Gasteiger partial charge on any atom is -0.310 e. The maximum Gasteiger partial charge on any atom is 0.0652 e. The Morgan fingerprint density at radius 2 is 1.05 bits per heavy atom. The Labute approximate surface area is 401 Å². The summed E-state index contributed by atoms with van der Waals surface area (Å²) in [5, 5.41) is -7.55. The van der Waals surface area contributed by atoms with E-state index >= 15 is 0 Å². The average molecular weight is 800 g/mol. The van der Waals surface area contributed by atoms with Crippen LogP contribution in [0.1, 0.15) is 74.2 Å². The van der Waals surface area contributed by atoms with Crippen LogP contribution in [0.4, 0.5) is 17.1 Å². The molecule has 0 radical (unpaired) electrons. The third kappa shape index (κ3) is 5.26. The van der Waals surface area contributed by atoms with E-state index in [2.05, 4.69) is 0 Å². The van der Waals surface area contributed by atoms with Crippen molar-refractivity contribution in [2.45, 2.75) is 19.2 Å². The van der Waals surface area contributed by atoms with E-state index < -0.39 is 334 Å². The lowest BCUT2D eigenvalue weighted by molar-refractivity contribution is 0.660. The minimum atomic E-state index is -2.78.